The Labute approximate surface area is 125 Å². The quantitative estimate of drug-likeness (QED) is 0.715. The minimum Gasteiger partial charge on any atom is -0.457 e. The Morgan fingerprint density at radius 3 is 1.42 bits per heavy atom. The van der Waals surface area contributed by atoms with E-state index in [-0.39, 0.29) is 0 Å². The molecule has 2 rings (SSSR count). The largest absolute Gasteiger partial charge is 0.457 e. The van der Waals surface area contributed by atoms with Gasteiger partial charge in [0.15, 0.2) is 0 Å². The third kappa shape index (κ3) is 2.77. The summed E-state index contributed by atoms with van der Waals surface area (Å²) in [5, 5.41) is 0. The molecule has 0 aliphatic heterocycles. The molecule has 0 aliphatic rings. The number of hydrogen-bond donors (Lipinski definition) is 2. The highest BCUT2D eigenvalue weighted by atomic mass is 32.1. The first-order valence-electron chi connectivity index (χ1n) is 6.18. The SMILES string of the molecule is Cc1ccc(Oc2ccc(C)c(S)c2C)c(C)c1S. The molecule has 0 bridgehead atoms. The van der Waals surface area contributed by atoms with Gasteiger partial charge in [0.05, 0.1) is 0 Å². The normalized spacial score (nSPS) is 10.6. The van der Waals surface area contributed by atoms with Crippen LogP contribution in [0.25, 0.3) is 0 Å². The van der Waals surface area contributed by atoms with Crippen LogP contribution < -0.4 is 4.74 Å². The summed E-state index contributed by atoms with van der Waals surface area (Å²) >= 11 is 9.03. The fourth-order valence-corrected chi connectivity index (χ4v) is 2.34. The van der Waals surface area contributed by atoms with Gasteiger partial charge >= 0.3 is 0 Å². The summed E-state index contributed by atoms with van der Waals surface area (Å²) in [4.78, 5) is 1.96. The zero-order valence-corrected chi connectivity index (χ0v) is 13.4. The van der Waals surface area contributed by atoms with Crippen molar-refractivity contribution in [3.8, 4) is 11.5 Å². The molecule has 19 heavy (non-hydrogen) atoms. The molecule has 0 saturated carbocycles. The monoisotopic (exact) mass is 290 g/mol. The van der Waals surface area contributed by atoms with Crippen molar-refractivity contribution in [2.75, 3.05) is 0 Å². The second kappa shape index (κ2) is 5.51. The average Bonchev–Trinajstić information content (AvgIpc) is 2.39. The van der Waals surface area contributed by atoms with Crippen LogP contribution in [0.3, 0.4) is 0 Å². The molecule has 1 nitrogen and oxygen atoms in total. The lowest BCUT2D eigenvalue weighted by Gasteiger charge is -2.15. The predicted octanol–water partition coefficient (Wildman–Crippen LogP) is 5.29. The maximum Gasteiger partial charge on any atom is 0.131 e. The van der Waals surface area contributed by atoms with Crippen LogP contribution in [0, 0.1) is 27.7 Å². The topological polar surface area (TPSA) is 9.23 Å². The number of benzene rings is 2. The molecule has 0 N–H and O–H groups in total. The molecule has 0 fully saturated rings. The van der Waals surface area contributed by atoms with Gasteiger partial charge in [0, 0.05) is 20.9 Å². The summed E-state index contributed by atoms with van der Waals surface area (Å²) in [6.07, 6.45) is 0. The van der Waals surface area contributed by atoms with Gasteiger partial charge < -0.3 is 4.74 Å². The first-order valence-corrected chi connectivity index (χ1v) is 7.07. The van der Waals surface area contributed by atoms with Crippen molar-refractivity contribution < 1.29 is 4.74 Å². The number of hydrogen-bond acceptors (Lipinski definition) is 3. The highest BCUT2D eigenvalue weighted by Crippen LogP contribution is 2.34. The first kappa shape index (κ1) is 14.4. The van der Waals surface area contributed by atoms with Crippen molar-refractivity contribution in [2.45, 2.75) is 37.5 Å². The van der Waals surface area contributed by atoms with Crippen molar-refractivity contribution in [2.24, 2.45) is 0 Å². The van der Waals surface area contributed by atoms with Gasteiger partial charge in [0.1, 0.15) is 11.5 Å². The van der Waals surface area contributed by atoms with E-state index in [4.69, 9.17) is 4.74 Å². The van der Waals surface area contributed by atoms with E-state index in [1.54, 1.807) is 0 Å². The van der Waals surface area contributed by atoms with E-state index in [9.17, 15) is 0 Å². The molecule has 0 aliphatic carbocycles. The molecular formula is C16H18OS2. The summed E-state index contributed by atoms with van der Waals surface area (Å²) in [7, 11) is 0. The van der Waals surface area contributed by atoms with E-state index < -0.39 is 0 Å². The van der Waals surface area contributed by atoms with E-state index in [1.807, 2.05) is 52.0 Å². The summed E-state index contributed by atoms with van der Waals surface area (Å²) in [5.74, 6) is 1.69. The molecular weight excluding hydrogens is 272 g/mol. The van der Waals surface area contributed by atoms with E-state index in [0.29, 0.717) is 0 Å². The van der Waals surface area contributed by atoms with Crippen LogP contribution in [0.1, 0.15) is 22.3 Å². The van der Waals surface area contributed by atoms with Crippen molar-refractivity contribution in [3.63, 3.8) is 0 Å². The molecule has 0 aromatic heterocycles. The second-order valence-electron chi connectivity index (χ2n) is 4.81. The van der Waals surface area contributed by atoms with Crippen LogP contribution in [0.2, 0.25) is 0 Å². The smallest absolute Gasteiger partial charge is 0.131 e. The van der Waals surface area contributed by atoms with Gasteiger partial charge in [0.25, 0.3) is 0 Å². The molecule has 0 spiro atoms. The van der Waals surface area contributed by atoms with Crippen molar-refractivity contribution in [1.29, 1.82) is 0 Å². The minimum atomic E-state index is 0.843. The fourth-order valence-electron chi connectivity index (χ4n) is 1.97. The van der Waals surface area contributed by atoms with Crippen LogP contribution in [-0.2, 0) is 0 Å². The Kier molecular flexibility index (Phi) is 4.16. The zero-order chi connectivity index (χ0) is 14.2. The van der Waals surface area contributed by atoms with Crippen molar-refractivity contribution in [3.05, 3.63) is 46.5 Å². The Morgan fingerprint density at radius 2 is 1.05 bits per heavy atom. The van der Waals surface area contributed by atoms with E-state index in [2.05, 4.69) is 25.3 Å². The van der Waals surface area contributed by atoms with Gasteiger partial charge in [-0.05, 0) is 51.0 Å². The Balaban J connectivity index is 2.43. The average molecular weight is 290 g/mol. The molecule has 2 aromatic carbocycles. The molecule has 0 unspecified atom stereocenters. The minimum absolute atomic E-state index is 0.843. The van der Waals surface area contributed by atoms with Crippen LogP contribution >= 0.6 is 25.3 Å². The molecule has 2 aromatic rings. The van der Waals surface area contributed by atoms with Crippen LogP contribution in [0.5, 0.6) is 11.5 Å². The standard InChI is InChI=1S/C16H18OS2/c1-9-5-7-13(11(3)15(9)18)17-14-8-6-10(2)16(19)12(14)4/h5-8,18-19H,1-4H3. The second-order valence-corrected chi connectivity index (χ2v) is 5.70. The molecule has 0 amide bonds. The van der Waals surface area contributed by atoms with E-state index >= 15 is 0 Å². The number of ether oxygens (including phenoxy) is 1. The lowest BCUT2D eigenvalue weighted by Crippen LogP contribution is -1.94. The predicted molar refractivity (Wildman–Crippen MR) is 86.4 cm³/mol. The Hall–Kier alpha value is -1.06. The maximum atomic E-state index is 6.01. The number of aryl methyl sites for hydroxylation is 2. The molecule has 0 atom stereocenters. The molecule has 0 heterocycles. The third-order valence-electron chi connectivity index (χ3n) is 3.39. The van der Waals surface area contributed by atoms with Crippen molar-refractivity contribution in [1.82, 2.24) is 0 Å². The third-order valence-corrected chi connectivity index (χ3v) is 4.76. The van der Waals surface area contributed by atoms with Gasteiger partial charge in [-0.2, -0.15) is 0 Å². The lowest BCUT2D eigenvalue weighted by molar-refractivity contribution is 0.471. The molecule has 3 heteroatoms. The van der Waals surface area contributed by atoms with Gasteiger partial charge in [-0.1, -0.05) is 12.1 Å². The number of thiol groups is 2. The highest BCUT2D eigenvalue weighted by molar-refractivity contribution is 7.80. The van der Waals surface area contributed by atoms with Crippen LogP contribution in [0.15, 0.2) is 34.1 Å². The molecule has 0 radical (unpaired) electrons. The molecule has 0 saturated heterocycles. The van der Waals surface area contributed by atoms with Crippen LogP contribution in [-0.4, -0.2) is 0 Å². The highest BCUT2D eigenvalue weighted by Gasteiger charge is 2.10. The van der Waals surface area contributed by atoms with Gasteiger partial charge in [-0.3, -0.25) is 0 Å². The summed E-state index contributed by atoms with van der Waals surface area (Å²) in [6, 6.07) is 8.02. The zero-order valence-electron chi connectivity index (χ0n) is 11.6. The number of rotatable bonds is 2. The Morgan fingerprint density at radius 1 is 0.684 bits per heavy atom. The maximum absolute atomic E-state index is 6.01. The van der Waals surface area contributed by atoms with Crippen LogP contribution in [0.4, 0.5) is 0 Å². The van der Waals surface area contributed by atoms with Gasteiger partial charge in [0.2, 0.25) is 0 Å². The Bertz CT molecular complexity index is 578. The van der Waals surface area contributed by atoms with E-state index in [0.717, 1.165) is 43.5 Å². The van der Waals surface area contributed by atoms with E-state index in [1.165, 1.54) is 0 Å². The lowest BCUT2D eigenvalue weighted by atomic mass is 10.1. The summed E-state index contributed by atoms with van der Waals surface area (Å²) < 4.78 is 6.01. The first-order chi connectivity index (χ1) is 8.91. The summed E-state index contributed by atoms with van der Waals surface area (Å²) in [5.41, 5.74) is 4.43. The van der Waals surface area contributed by atoms with Gasteiger partial charge in [-0.15, -0.1) is 25.3 Å². The van der Waals surface area contributed by atoms with Crippen molar-refractivity contribution >= 4 is 25.3 Å². The molecule has 100 valence electrons. The summed E-state index contributed by atoms with van der Waals surface area (Å²) in [6.45, 7) is 8.13. The van der Waals surface area contributed by atoms with Gasteiger partial charge in [-0.25, -0.2) is 0 Å². The fraction of sp³-hybridized carbons (Fsp3) is 0.250.